The minimum Gasteiger partial charge on any atom is -0.497 e. The van der Waals surface area contributed by atoms with Gasteiger partial charge in [-0.1, -0.05) is 54.1 Å². The van der Waals surface area contributed by atoms with Crippen LogP contribution in [0.25, 0.3) is 0 Å². The zero-order chi connectivity index (χ0) is 28.3. The summed E-state index contributed by atoms with van der Waals surface area (Å²) in [5.74, 6) is 0.00617. The average Bonchev–Trinajstić information content (AvgIpc) is 3.35. The Morgan fingerprint density at radius 3 is 2.27 bits per heavy atom. The number of benzene rings is 3. The second-order valence-electron chi connectivity index (χ2n) is 10.5. The van der Waals surface area contributed by atoms with Crippen molar-refractivity contribution < 1.29 is 23.9 Å². The van der Waals surface area contributed by atoms with Gasteiger partial charge in [-0.15, -0.1) is 0 Å². The molecule has 2 aliphatic heterocycles. The molecule has 3 aromatic carbocycles. The van der Waals surface area contributed by atoms with Crippen molar-refractivity contribution in [3.8, 4) is 5.75 Å². The van der Waals surface area contributed by atoms with E-state index < -0.39 is 11.8 Å². The van der Waals surface area contributed by atoms with Gasteiger partial charge in [0.05, 0.1) is 19.8 Å². The first-order valence-electron chi connectivity index (χ1n) is 13.6. The van der Waals surface area contributed by atoms with Gasteiger partial charge in [-0.2, -0.15) is 0 Å². The zero-order valence-corrected chi connectivity index (χ0v) is 23.1. The van der Waals surface area contributed by atoms with Crippen molar-refractivity contribution in [1.82, 2.24) is 15.1 Å². The number of aryl methyl sites for hydroxylation is 1. The Kier molecular flexibility index (Phi) is 7.89. The Bertz CT molecular complexity index is 1380. The Morgan fingerprint density at radius 1 is 0.925 bits per heavy atom. The molecule has 1 spiro atoms. The highest BCUT2D eigenvalue weighted by Gasteiger charge is 2.54. The fourth-order valence-corrected chi connectivity index (χ4v) is 5.62. The number of piperidine rings is 1. The molecule has 8 nitrogen and oxygen atoms in total. The summed E-state index contributed by atoms with van der Waals surface area (Å²) < 4.78 is 11.6. The van der Waals surface area contributed by atoms with Crippen LogP contribution in [0.1, 0.15) is 57.7 Å². The predicted molar refractivity (Wildman–Crippen MR) is 151 cm³/mol. The van der Waals surface area contributed by atoms with Crippen LogP contribution < -0.4 is 10.1 Å². The summed E-state index contributed by atoms with van der Waals surface area (Å²) in [6.45, 7) is 4.73. The highest BCUT2D eigenvalue weighted by atomic mass is 16.5. The molecule has 2 heterocycles. The second kappa shape index (κ2) is 11.5. The Hall–Kier alpha value is -4.17. The lowest BCUT2D eigenvalue weighted by atomic mass is 9.95. The third kappa shape index (κ3) is 5.45. The molecule has 3 amide bonds. The summed E-state index contributed by atoms with van der Waals surface area (Å²) in [4.78, 5) is 44.3. The van der Waals surface area contributed by atoms with Gasteiger partial charge in [0.1, 0.15) is 17.5 Å². The normalized spacial score (nSPS) is 18.8. The quantitative estimate of drug-likeness (QED) is 0.501. The van der Waals surface area contributed by atoms with Crippen molar-refractivity contribution in [1.29, 1.82) is 0 Å². The van der Waals surface area contributed by atoms with Gasteiger partial charge in [-0.3, -0.25) is 19.3 Å². The van der Waals surface area contributed by atoms with Gasteiger partial charge in [0.25, 0.3) is 11.8 Å². The lowest BCUT2D eigenvalue weighted by molar-refractivity contribution is -0.128. The lowest BCUT2D eigenvalue weighted by Crippen LogP contribution is -2.60. The van der Waals surface area contributed by atoms with E-state index in [4.69, 9.17) is 9.47 Å². The molecule has 0 aliphatic carbocycles. The van der Waals surface area contributed by atoms with Crippen molar-refractivity contribution in [2.75, 3.05) is 26.8 Å². The fraction of sp³-hybridized carbons (Fsp3) is 0.344. The van der Waals surface area contributed by atoms with Crippen molar-refractivity contribution in [3.63, 3.8) is 0 Å². The van der Waals surface area contributed by atoms with E-state index in [2.05, 4.69) is 5.32 Å². The SMILES string of the molecule is COc1cccc(C(=O)N2CCC3(CC2)OC[C@H](C(=O)N[C@@H](C)c2ccccc2)N3C(=O)c2cccc(C)c2)c1. The van der Waals surface area contributed by atoms with E-state index in [9.17, 15) is 14.4 Å². The highest BCUT2D eigenvalue weighted by molar-refractivity contribution is 5.99. The molecule has 208 valence electrons. The Balaban J connectivity index is 1.38. The highest BCUT2D eigenvalue weighted by Crippen LogP contribution is 2.39. The van der Waals surface area contributed by atoms with Crippen LogP contribution in [0, 0.1) is 6.92 Å². The molecule has 5 rings (SSSR count). The van der Waals surface area contributed by atoms with Crippen LogP contribution in [-0.2, 0) is 9.53 Å². The van der Waals surface area contributed by atoms with Crippen LogP contribution in [0.3, 0.4) is 0 Å². The van der Waals surface area contributed by atoms with Crippen molar-refractivity contribution >= 4 is 17.7 Å². The molecule has 2 fully saturated rings. The number of likely N-dealkylation sites (tertiary alicyclic amines) is 1. The molecular weight excluding hydrogens is 506 g/mol. The lowest BCUT2D eigenvalue weighted by Gasteiger charge is -2.44. The monoisotopic (exact) mass is 541 g/mol. The molecule has 2 saturated heterocycles. The van der Waals surface area contributed by atoms with Crippen LogP contribution in [0.15, 0.2) is 78.9 Å². The molecule has 40 heavy (non-hydrogen) atoms. The molecular formula is C32H35N3O5. The molecule has 8 heteroatoms. The molecule has 2 atom stereocenters. The number of carbonyl (C=O) groups excluding carboxylic acids is 3. The summed E-state index contributed by atoms with van der Waals surface area (Å²) in [6.07, 6.45) is 0.802. The van der Waals surface area contributed by atoms with Gasteiger partial charge in [0.2, 0.25) is 5.91 Å². The van der Waals surface area contributed by atoms with Crippen LogP contribution in [0.4, 0.5) is 0 Å². The van der Waals surface area contributed by atoms with Crippen molar-refractivity contribution in [2.45, 2.75) is 44.5 Å². The van der Waals surface area contributed by atoms with Gasteiger partial charge in [-0.25, -0.2) is 0 Å². The van der Waals surface area contributed by atoms with Gasteiger partial charge in [0, 0.05) is 37.1 Å². The molecule has 3 aromatic rings. The number of nitrogens with zero attached hydrogens (tertiary/aromatic N) is 2. The Labute approximate surface area is 234 Å². The molecule has 0 saturated carbocycles. The number of rotatable bonds is 6. The first-order valence-corrected chi connectivity index (χ1v) is 13.6. The second-order valence-corrected chi connectivity index (χ2v) is 10.5. The third-order valence-corrected chi connectivity index (χ3v) is 7.85. The van der Waals surface area contributed by atoms with E-state index in [0.29, 0.717) is 42.8 Å². The number of ether oxygens (including phenoxy) is 2. The first kappa shape index (κ1) is 27.4. The zero-order valence-electron chi connectivity index (χ0n) is 23.1. The number of hydrogen-bond acceptors (Lipinski definition) is 5. The van der Waals surface area contributed by atoms with E-state index >= 15 is 0 Å². The third-order valence-electron chi connectivity index (χ3n) is 7.85. The van der Waals surface area contributed by atoms with E-state index in [1.54, 1.807) is 47.2 Å². The molecule has 0 unspecified atom stereocenters. The van der Waals surface area contributed by atoms with Crippen molar-refractivity contribution in [2.24, 2.45) is 0 Å². The van der Waals surface area contributed by atoms with Crippen molar-refractivity contribution in [3.05, 3.63) is 101 Å². The summed E-state index contributed by atoms with van der Waals surface area (Å²) >= 11 is 0. The first-order chi connectivity index (χ1) is 19.3. The summed E-state index contributed by atoms with van der Waals surface area (Å²) in [6, 6.07) is 23.1. The van der Waals surface area contributed by atoms with E-state index in [1.807, 2.05) is 62.4 Å². The molecule has 0 radical (unpaired) electrons. The van der Waals surface area contributed by atoms with Crippen LogP contribution in [0.2, 0.25) is 0 Å². The summed E-state index contributed by atoms with van der Waals surface area (Å²) in [7, 11) is 1.57. The topological polar surface area (TPSA) is 88.2 Å². The number of amides is 3. The standard InChI is InChI=1S/C32H35N3O5/c1-22-9-7-12-25(19-22)31(38)35-28(29(36)33-23(2)24-10-5-4-6-11-24)21-40-32(35)15-17-34(18-16-32)30(37)26-13-8-14-27(20-26)39-3/h4-14,19-20,23,28H,15-18,21H2,1-3H3,(H,33,36)/t23-,28+/m0/s1. The largest absolute Gasteiger partial charge is 0.497 e. The maximum atomic E-state index is 14.0. The van der Waals surface area contributed by atoms with E-state index in [0.717, 1.165) is 11.1 Å². The molecule has 0 aromatic heterocycles. The molecule has 1 N–H and O–H groups in total. The number of hydrogen-bond donors (Lipinski definition) is 1. The van der Waals surface area contributed by atoms with Gasteiger partial charge in [-0.05, 0) is 49.7 Å². The maximum Gasteiger partial charge on any atom is 0.256 e. The van der Waals surface area contributed by atoms with E-state index in [-0.39, 0.29) is 30.4 Å². The number of nitrogens with one attached hydrogen (secondary N) is 1. The number of methoxy groups -OCH3 is 1. The average molecular weight is 542 g/mol. The van der Waals surface area contributed by atoms with E-state index in [1.165, 1.54) is 0 Å². The minimum absolute atomic E-state index is 0.0920. The fourth-order valence-electron chi connectivity index (χ4n) is 5.62. The van der Waals surface area contributed by atoms with Gasteiger partial charge in [0.15, 0.2) is 0 Å². The Morgan fingerprint density at radius 2 is 1.60 bits per heavy atom. The number of carbonyl (C=O) groups is 3. The maximum absolute atomic E-state index is 14.0. The van der Waals surface area contributed by atoms with Crippen LogP contribution in [-0.4, -0.2) is 66.1 Å². The smallest absolute Gasteiger partial charge is 0.256 e. The summed E-state index contributed by atoms with van der Waals surface area (Å²) in [5.41, 5.74) is 2.00. The minimum atomic E-state index is -0.982. The predicted octanol–water partition coefficient (Wildman–Crippen LogP) is 4.35. The van der Waals surface area contributed by atoms with Crippen LogP contribution in [0.5, 0.6) is 5.75 Å². The van der Waals surface area contributed by atoms with Crippen LogP contribution >= 0.6 is 0 Å². The van der Waals surface area contributed by atoms with Gasteiger partial charge < -0.3 is 19.7 Å². The molecule has 2 aliphatic rings. The summed E-state index contributed by atoms with van der Waals surface area (Å²) in [5, 5.41) is 3.08. The van der Waals surface area contributed by atoms with Gasteiger partial charge >= 0.3 is 0 Å². The molecule has 0 bridgehead atoms.